The number of ketones is 1. The van der Waals surface area contributed by atoms with Crippen molar-refractivity contribution in [3.05, 3.63) is 45.1 Å². The zero-order chi connectivity index (χ0) is 14.7. The molecule has 0 fully saturated rings. The lowest BCUT2D eigenvalue weighted by atomic mass is 10.1. The molecule has 0 aliphatic carbocycles. The molecule has 0 N–H and O–H groups in total. The Morgan fingerprint density at radius 1 is 1.50 bits per heavy atom. The van der Waals surface area contributed by atoms with Crippen LogP contribution >= 0.6 is 27.5 Å². The standard InChI is InChI=1S/C14H14BrClN2O2/c1-3-6-18-13(11(15)8-17-18)14(19)10-5-4-9(16)7-12(10)20-2/h4-5,7-8H,3,6H2,1-2H3. The van der Waals surface area contributed by atoms with Gasteiger partial charge in [-0.2, -0.15) is 5.10 Å². The maximum atomic E-state index is 12.7. The van der Waals surface area contributed by atoms with Crippen LogP contribution in [0.2, 0.25) is 5.02 Å². The molecular formula is C14H14BrClN2O2. The molecule has 0 radical (unpaired) electrons. The van der Waals surface area contributed by atoms with Gasteiger partial charge in [-0.15, -0.1) is 0 Å². The molecule has 0 aliphatic rings. The number of rotatable bonds is 5. The van der Waals surface area contributed by atoms with Crippen LogP contribution in [0.5, 0.6) is 5.75 Å². The SMILES string of the molecule is CCCn1ncc(Br)c1C(=O)c1ccc(Cl)cc1OC. The number of aromatic nitrogens is 2. The maximum absolute atomic E-state index is 12.7. The minimum Gasteiger partial charge on any atom is -0.496 e. The molecule has 2 rings (SSSR count). The Morgan fingerprint density at radius 3 is 2.90 bits per heavy atom. The van der Waals surface area contributed by atoms with E-state index in [1.54, 1.807) is 29.1 Å². The fraction of sp³-hybridized carbons (Fsp3) is 0.286. The fourth-order valence-corrected chi connectivity index (χ4v) is 2.59. The van der Waals surface area contributed by atoms with Gasteiger partial charge in [0.15, 0.2) is 0 Å². The van der Waals surface area contributed by atoms with Crippen LogP contribution in [0.4, 0.5) is 0 Å². The minimum absolute atomic E-state index is 0.142. The number of hydrogen-bond donors (Lipinski definition) is 0. The van der Waals surface area contributed by atoms with Crippen LogP contribution in [0.1, 0.15) is 29.4 Å². The summed E-state index contributed by atoms with van der Waals surface area (Å²) >= 11 is 9.29. The van der Waals surface area contributed by atoms with Crippen LogP contribution < -0.4 is 4.74 Å². The highest BCUT2D eigenvalue weighted by atomic mass is 79.9. The molecule has 0 saturated carbocycles. The second-order valence-electron chi connectivity index (χ2n) is 4.24. The number of aryl methyl sites for hydroxylation is 1. The van der Waals surface area contributed by atoms with E-state index in [1.165, 1.54) is 7.11 Å². The third-order valence-corrected chi connectivity index (χ3v) is 3.67. The maximum Gasteiger partial charge on any atom is 0.215 e. The van der Waals surface area contributed by atoms with Crippen molar-refractivity contribution in [1.29, 1.82) is 0 Å². The Kier molecular flexibility index (Phi) is 4.83. The number of carbonyl (C=O) groups is 1. The number of methoxy groups -OCH3 is 1. The molecule has 1 heterocycles. The Balaban J connectivity index is 2.49. The van der Waals surface area contributed by atoms with E-state index < -0.39 is 0 Å². The summed E-state index contributed by atoms with van der Waals surface area (Å²) in [5.41, 5.74) is 0.989. The zero-order valence-electron chi connectivity index (χ0n) is 11.2. The van der Waals surface area contributed by atoms with E-state index in [1.807, 2.05) is 6.92 Å². The van der Waals surface area contributed by atoms with Crippen LogP contribution in [0.15, 0.2) is 28.9 Å². The molecule has 1 aromatic heterocycles. The van der Waals surface area contributed by atoms with Crippen LogP contribution in [-0.4, -0.2) is 22.7 Å². The van der Waals surface area contributed by atoms with Gasteiger partial charge in [0.2, 0.25) is 5.78 Å². The predicted molar refractivity (Wildman–Crippen MR) is 81.7 cm³/mol. The molecule has 0 saturated heterocycles. The van der Waals surface area contributed by atoms with Gasteiger partial charge in [-0.1, -0.05) is 18.5 Å². The second-order valence-corrected chi connectivity index (χ2v) is 5.53. The molecule has 2 aromatic rings. The first-order valence-corrected chi connectivity index (χ1v) is 7.35. The van der Waals surface area contributed by atoms with Gasteiger partial charge in [-0.25, -0.2) is 0 Å². The van der Waals surface area contributed by atoms with Gasteiger partial charge in [0, 0.05) is 11.6 Å². The quantitative estimate of drug-likeness (QED) is 0.761. The van der Waals surface area contributed by atoms with Crippen molar-refractivity contribution in [3.63, 3.8) is 0 Å². The molecule has 4 nitrogen and oxygen atoms in total. The summed E-state index contributed by atoms with van der Waals surface area (Å²) in [6, 6.07) is 4.97. The molecule has 0 unspecified atom stereocenters. The fourth-order valence-electron chi connectivity index (χ4n) is 1.95. The van der Waals surface area contributed by atoms with Crippen molar-refractivity contribution in [3.8, 4) is 5.75 Å². The summed E-state index contributed by atoms with van der Waals surface area (Å²) in [6.07, 6.45) is 2.53. The highest BCUT2D eigenvalue weighted by Crippen LogP contribution is 2.28. The number of ether oxygens (including phenoxy) is 1. The molecule has 0 atom stereocenters. The van der Waals surface area contributed by atoms with Gasteiger partial charge in [-0.05, 0) is 40.5 Å². The summed E-state index contributed by atoms with van der Waals surface area (Å²) in [5.74, 6) is 0.315. The summed E-state index contributed by atoms with van der Waals surface area (Å²) in [5, 5.41) is 4.73. The van der Waals surface area contributed by atoms with Crippen LogP contribution in [0.3, 0.4) is 0 Å². The average molecular weight is 358 g/mol. The minimum atomic E-state index is -0.142. The predicted octanol–water partition coefficient (Wildman–Crippen LogP) is 3.95. The first-order valence-electron chi connectivity index (χ1n) is 6.18. The number of halogens is 2. The Labute approximate surface area is 130 Å². The molecule has 106 valence electrons. The first kappa shape index (κ1) is 15.1. The Morgan fingerprint density at radius 2 is 2.25 bits per heavy atom. The highest BCUT2D eigenvalue weighted by Gasteiger charge is 2.21. The number of carbonyl (C=O) groups excluding carboxylic acids is 1. The average Bonchev–Trinajstić information content (AvgIpc) is 2.79. The third kappa shape index (κ3) is 2.88. The molecule has 0 amide bonds. The normalized spacial score (nSPS) is 10.6. The van der Waals surface area contributed by atoms with E-state index in [4.69, 9.17) is 16.3 Å². The lowest BCUT2D eigenvalue weighted by Crippen LogP contribution is -2.13. The van der Waals surface area contributed by atoms with E-state index in [0.29, 0.717) is 33.0 Å². The highest BCUT2D eigenvalue weighted by molar-refractivity contribution is 9.10. The van der Waals surface area contributed by atoms with Crippen molar-refractivity contribution in [2.45, 2.75) is 19.9 Å². The monoisotopic (exact) mass is 356 g/mol. The van der Waals surface area contributed by atoms with E-state index in [-0.39, 0.29) is 5.78 Å². The Hall–Kier alpha value is -1.33. The van der Waals surface area contributed by atoms with E-state index in [0.717, 1.165) is 6.42 Å². The molecule has 1 aromatic carbocycles. The number of hydrogen-bond acceptors (Lipinski definition) is 3. The lowest BCUT2D eigenvalue weighted by Gasteiger charge is -2.10. The number of nitrogens with zero attached hydrogens (tertiary/aromatic N) is 2. The van der Waals surface area contributed by atoms with E-state index >= 15 is 0 Å². The topological polar surface area (TPSA) is 44.1 Å². The van der Waals surface area contributed by atoms with Gasteiger partial charge in [0.1, 0.15) is 11.4 Å². The lowest BCUT2D eigenvalue weighted by molar-refractivity contribution is 0.102. The van der Waals surface area contributed by atoms with E-state index in [9.17, 15) is 4.79 Å². The van der Waals surface area contributed by atoms with Crippen molar-refractivity contribution in [2.24, 2.45) is 0 Å². The van der Waals surface area contributed by atoms with Gasteiger partial charge in [0.25, 0.3) is 0 Å². The smallest absolute Gasteiger partial charge is 0.215 e. The third-order valence-electron chi connectivity index (χ3n) is 2.85. The van der Waals surface area contributed by atoms with Crippen molar-refractivity contribution in [2.75, 3.05) is 7.11 Å². The number of benzene rings is 1. The van der Waals surface area contributed by atoms with Gasteiger partial charge >= 0.3 is 0 Å². The first-order chi connectivity index (χ1) is 9.58. The summed E-state index contributed by atoms with van der Waals surface area (Å²) in [7, 11) is 1.51. The van der Waals surface area contributed by atoms with Gasteiger partial charge in [-0.3, -0.25) is 9.48 Å². The second kappa shape index (κ2) is 6.41. The van der Waals surface area contributed by atoms with E-state index in [2.05, 4.69) is 21.0 Å². The molecule has 0 spiro atoms. The van der Waals surface area contributed by atoms with Crippen LogP contribution in [0, 0.1) is 0 Å². The molecular weight excluding hydrogens is 344 g/mol. The van der Waals surface area contributed by atoms with Gasteiger partial charge < -0.3 is 4.74 Å². The Bertz CT molecular complexity index is 640. The largest absolute Gasteiger partial charge is 0.496 e. The summed E-state index contributed by atoms with van der Waals surface area (Å²) in [6.45, 7) is 2.72. The van der Waals surface area contributed by atoms with Crippen molar-refractivity contribution >= 4 is 33.3 Å². The summed E-state index contributed by atoms with van der Waals surface area (Å²) < 4.78 is 7.60. The van der Waals surface area contributed by atoms with Crippen molar-refractivity contribution in [1.82, 2.24) is 9.78 Å². The summed E-state index contributed by atoms with van der Waals surface area (Å²) in [4.78, 5) is 12.7. The zero-order valence-corrected chi connectivity index (χ0v) is 13.5. The molecule has 0 aliphatic heterocycles. The van der Waals surface area contributed by atoms with Gasteiger partial charge in [0.05, 0.1) is 23.3 Å². The van der Waals surface area contributed by atoms with Crippen LogP contribution in [-0.2, 0) is 6.54 Å². The van der Waals surface area contributed by atoms with Crippen molar-refractivity contribution < 1.29 is 9.53 Å². The van der Waals surface area contributed by atoms with Crippen LogP contribution in [0.25, 0.3) is 0 Å². The molecule has 0 bridgehead atoms. The molecule has 20 heavy (non-hydrogen) atoms. The molecule has 6 heteroatoms.